The second-order valence-corrected chi connectivity index (χ2v) is 7.15. The SMILES string of the molecule is CN1CCCN(S(=O)(=O)c2ccc(F)c(CCl)c2)CC1. The average Bonchev–Trinajstić information content (AvgIpc) is 2.64. The number of alkyl halides is 1. The van der Waals surface area contributed by atoms with E-state index in [1.807, 2.05) is 7.05 Å². The molecule has 1 aromatic rings. The van der Waals surface area contributed by atoms with Crippen LogP contribution in [0.25, 0.3) is 0 Å². The summed E-state index contributed by atoms with van der Waals surface area (Å²) in [7, 11) is -1.60. The van der Waals surface area contributed by atoms with Crippen LogP contribution in [-0.4, -0.2) is 50.8 Å². The van der Waals surface area contributed by atoms with Gasteiger partial charge in [0.05, 0.1) is 10.8 Å². The molecule has 0 unspecified atom stereocenters. The van der Waals surface area contributed by atoms with Crippen LogP contribution in [0.5, 0.6) is 0 Å². The molecule has 112 valence electrons. The van der Waals surface area contributed by atoms with Gasteiger partial charge in [-0.05, 0) is 38.2 Å². The lowest BCUT2D eigenvalue weighted by Crippen LogP contribution is -2.34. The normalized spacial score (nSPS) is 18.9. The summed E-state index contributed by atoms with van der Waals surface area (Å²) in [5.74, 6) is -0.521. The smallest absolute Gasteiger partial charge is 0.243 e. The van der Waals surface area contributed by atoms with Crippen molar-refractivity contribution in [2.45, 2.75) is 17.2 Å². The van der Waals surface area contributed by atoms with Crippen molar-refractivity contribution in [3.05, 3.63) is 29.6 Å². The highest BCUT2D eigenvalue weighted by Gasteiger charge is 2.26. The van der Waals surface area contributed by atoms with Gasteiger partial charge in [0.25, 0.3) is 0 Å². The number of benzene rings is 1. The number of halogens is 2. The van der Waals surface area contributed by atoms with Crippen LogP contribution in [0.4, 0.5) is 4.39 Å². The van der Waals surface area contributed by atoms with Crippen molar-refractivity contribution in [1.82, 2.24) is 9.21 Å². The number of hydrogen-bond donors (Lipinski definition) is 0. The molecule has 1 aliphatic rings. The van der Waals surface area contributed by atoms with Crippen LogP contribution in [0, 0.1) is 5.82 Å². The highest BCUT2D eigenvalue weighted by molar-refractivity contribution is 7.89. The number of nitrogens with zero attached hydrogens (tertiary/aromatic N) is 2. The lowest BCUT2D eigenvalue weighted by molar-refractivity contribution is 0.347. The van der Waals surface area contributed by atoms with Crippen LogP contribution >= 0.6 is 11.6 Å². The summed E-state index contributed by atoms with van der Waals surface area (Å²) in [6.07, 6.45) is 0.791. The Morgan fingerprint density at radius 3 is 2.70 bits per heavy atom. The van der Waals surface area contributed by atoms with Crippen molar-refractivity contribution in [1.29, 1.82) is 0 Å². The molecule has 1 aliphatic heterocycles. The first-order valence-corrected chi connectivity index (χ1v) is 8.45. The highest BCUT2D eigenvalue weighted by Crippen LogP contribution is 2.21. The first-order valence-electron chi connectivity index (χ1n) is 6.48. The van der Waals surface area contributed by atoms with Crippen LogP contribution < -0.4 is 0 Å². The Bertz CT molecular complexity index is 580. The fourth-order valence-electron chi connectivity index (χ4n) is 2.23. The molecule has 0 N–H and O–H groups in total. The molecule has 0 bridgehead atoms. The lowest BCUT2D eigenvalue weighted by Gasteiger charge is -2.20. The van der Waals surface area contributed by atoms with Crippen LogP contribution in [-0.2, 0) is 15.9 Å². The van der Waals surface area contributed by atoms with Gasteiger partial charge < -0.3 is 4.90 Å². The zero-order valence-corrected chi connectivity index (χ0v) is 12.9. The average molecular weight is 321 g/mol. The minimum atomic E-state index is -3.58. The van der Waals surface area contributed by atoms with Gasteiger partial charge in [0.15, 0.2) is 0 Å². The number of hydrogen-bond acceptors (Lipinski definition) is 3. The van der Waals surface area contributed by atoms with Gasteiger partial charge in [-0.25, -0.2) is 12.8 Å². The molecule has 0 amide bonds. The van der Waals surface area contributed by atoms with Crippen LogP contribution in [0.2, 0.25) is 0 Å². The fraction of sp³-hybridized carbons (Fsp3) is 0.538. The lowest BCUT2D eigenvalue weighted by atomic mass is 10.2. The number of rotatable bonds is 3. The van der Waals surface area contributed by atoms with Gasteiger partial charge in [-0.1, -0.05) is 0 Å². The van der Waals surface area contributed by atoms with Crippen molar-refractivity contribution in [2.24, 2.45) is 0 Å². The molecule has 1 aromatic carbocycles. The monoisotopic (exact) mass is 320 g/mol. The Balaban J connectivity index is 2.29. The molecule has 4 nitrogen and oxygen atoms in total. The van der Waals surface area contributed by atoms with Crippen LogP contribution in [0.15, 0.2) is 23.1 Å². The summed E-state index contributed by atoms with van der Waals surface area (Å²) in [5.41, 5.74) is 0.208. The predicted molar refractivity (Wildman–Crippen MR) is 76.8 cm³/mol. The largest absolute Gasteiger partial charge is 0.305 e. The van der Waals surface area contributed by atoms with E-state index in [4.69, 9.17) is 11.6 Å². The maximum Gasteiger partial charge on any atom is 0.243 e. The van der Waals surface area contributed by atoms with Crippen molar-refractivity contribution >= 4 is 21.6 Å². The third kappa shape index (κ3) is 3.31. The van der Waals surface area contributed by atoms with Gasteiger partial charge in [0.1, 0.15) is 5.82 Å². The third-order valence-corrected chi connectivity index (χ3v) is 5.66. The Labute approximate surface area is 124 Å². The molecular weight excluding hydrogens is 303 g/mol. The Morgan fingerprint density at radius 1 is 1.25 bits per heavy atom. The van der Waals surface area contributed by atoms with Gasteiger partial charge in [-0.15, -0.1) is 11.6 Å². The molecule has 0 spiro atoms. The summed E-state index contributed by atoms with van der Waals surface area (Å²) in [5, 5.41) is 0. The van der Waals surface area contributed by atoms with E-state index >= 15 is 0 Å². The maximum atomic E-state index is 13.4. The van der Waals surface area contributed by atoms with E-state index in [2.05, 4.69) is 4.90 Å². The van der Waals surface area contributed by atoms with Crippen molar-refractivity contribution in [2.75, 3.05) is 33.2 Å². The van der Waals surface area contributed by atoms with Crippen LogP contribution in [0.3, 0.4) is 0 Å². The summed E-state index contributed by atoms with van der Waals surface area (Å²) in [6.45, 7) is 2.51. The van der Waals surface area contributed by atoms with E-state index in [-0.39, 0.29) is 16.3 Å². The standard InChI is InChI=1S/C13H18ClFN2O2S/c1-16-5-2-6-17(8-7-16)20(18,19)12-3-4-13(15)11(9-12)10-14/h3-4,9H,2,5-8,10H2,1H3. The first-order chi connectivity index (χ1) is 9.45. The van der Waals surface area contributed by atoms with Gasteiger partial charge in [-0.3, -0.25) is 0 Å². The second kappa shape index (κ2) is 6.39. The summed E-state index contributed by atoms with van der Waals surface area (Å²) >= 11 is 5.63. The van der Waals surface area contributed by atoms with Gasteiger partial charge in [0.2, 0.25) is 10.0 Å². The number of sulfonamides is 1. The Kier molecular flexibility index (Phi) is 5.01. The molecule has 2 rings (SSSR count). The van der Waals surface area contributed by atoms with Crippen molar-refractivity contribution in [3.8, 4) is 0 Å². The minimum Gasteiger partial charge on any atom is -0.305 e. The van der Waals surface area contributed by atoms with Crippen LogP contribution in [0.1, 0.15) is 12.0 Å². The molecule has 1 saturated heterocycles. The van der Waals surface area contributed by atoms with E-state index in [0.717, 1.165) is 19.0 Å². The molecule has 0 saturated carbocycles. The second-order valence-electron chi connectivity index (χ2n) is 4.95. The quantitative estimate of drug-likeness (QED) is 0.799. The zero-order valence-electron chi connectivity index (χ0n) is 11.3. The third-order valence-electron chi connectivity index (χ3n) is 3.48. The van der Waals surface area contributed by atoms with E-state index in [0.29, 0.717) is 19.6 Å². The first kappa shape index (κ1) is 15.7. The van der Waals surface area contributed by atoms with E-state index in [1.54, 1.807) is 0 Å². The number of likely N-dealkylation sites (N-methyl/N-ethyl adjacent to an activating group) is 1. The Hall–Kier alpha value is -0.690. The van der Waals surface area contributed by atoms with E-state index in [1.165, 1.54) is 16.4 Å². The summed E-state index contributed by atoms with van der Waals surface area (Å²) in [4.78, 5) is 2.21. The zero-order chi connectivity index (χ0) is 14.8. The van der Waals surface area contributed by atoms with E-state index in [9.17, 15) is 12.8 Å². The van der Waals surface area contributed by atoms with Crippen molar-refractivity contribution < 1.29 is 12.8 Å². The predicted octanol–water partition coefficient (Wildman–Crippen LogP) is 1.89. The molecule has 0 aromatic heterocycles. The molecule has 7 heteroatoms. The molecule has 1 fully saturated rings. The van der Waals surface area contributed by atoms with Gasteiger partial charge in [-0.2, -0.15) is 4.31 Å². The fourth-order valence-corrected chi connectivity index (χ4v) is 3.95. The van der Waals surface area contributed by atoms with E-state index < -0.39 is 15.8 Å². The van der Waals surface area contributed by atoms with Gasteiger partial charge in [0, 0.05) is 25.2 Å². The van der Waals surface area contributed by atoms with Gasteiger partial charge >= 0.3 is 0 Å². The molecule has 0 aliphatic carbocycles. The molecule has 20 heavy (non-hydrogen) atoms. The summed E-state index contributed by atoms with van der Waals surface area (Å²) < 4.78 is 40.0. The maximum absolute atomic E-state index is 13.4. The minimum absolute atomic E-state index is 0.0437. The Morgan fingerprint density at radius 2 is 2.00 bits per heavy atom. The summed E-state index contributed by atoms with van der Waals surface area (Å²) in [6, 6.07) is 3.79. The molecular formula is C13H18ClFN2O2S. The molecule has 0 atom stereocenters. The van der Waals surface area contributed by atoms with Crippen molar-refractivity contribution in [3.63, 3.8) is 0 Å². The topological polar surface area (TPSA) is 40.6 Å². The molecule has 0 radical (unpaired) electrons. The molecule has 1 heterocycles. The highest BCUT2D eigenvalue weighted by atomic mass is 35.5.